The number of ether oxygens (including phenoxy) is 4. The molecule has 2 aliphatic rings. The van der Waals surface area contributed by atoms with Crippen molar-refractivity contribution in [3.63, 3.8) is 0 Å². The van der Waals surface area contributed by atoms with Gasteiger partial charge >= 0.3 is 0 Å². The van der Waals surface area contributed by atoms with Gasteiger partial charge in [-0.15, -0.1) is 0 Å². The standard InChI is InChI=1S/C16H14N4O4S/c1-21-10-3-7(12(22-2)14-13(10)23-6-24-14)11-8(4-17)15(19)25-16(20)9(11)5-18/h3,11H,6,19-20H2,1-2H3. The van der Waals surface area contributed by atoms with Crippen molar-refractivity contribution in [3.05, 3.63) is 32.8 Å². The quantitative estimate of drug-likeness (QED) is 0.826. The second-order valence-electron chi connectivity index (χ2n) is 5.08. The molecule has 1 aromatic rings. The highest BCUT2D eigenvalue weighted by atomic mass is 32.2. The summed E-state index contributed by atoms with van der Waals surface area (Å²) in [6.45, 7) is 0.0121. The molecular weight excluding hydrogens is 344 g/mol. The van der Waals surface area contributed by atoms with Gasteiger partial charge in [-0.1, -0.05) is 11.8 Å². The van der Waals surface area contributed by atoms with E-state index < -0.39 is 5.92 Å². The van der Waals surface area contributed by atoms with Crippen molar-refractivity contribution in [1.82, 2.24) is 0 Å². The molecule has 2 heterocycles. The van der Waals surface area contributed by atoms with Gasteiger partial charge in [-0.05, 0) is 6.07 Å². The highest BCUT2D eigenvalue weighted by Crippen LogP contribution is 2.54. The van der Waals surface area contributed by atoms with E-state index in [0.717, 1.165) is 11.8 Å². The summed E-state index contributed by atoms with van der Waals surface area (Å²) in [5.41, 5.74) is 12.9. The van der Waals surface area contributed by atoms with Crippen LogP contribution in [-0.4, -0.2) is 21.0 Å². The predicted molar refractivity (Wildman–Crippen MR) is 89.7 cm³/mol. The van der Waals surface area contributed by atoms with Crippen LogP contribution in [0.3, 0.4) is 0 Å². The molecule has 1 aromatic carbocycles. The summed E-state index contributed by atoms with van der Waals surface area (Å²) in [4.78, 5) is 0. The maximum Gasteiger partial charge on any atom is 0.231 e. The number of nitrogens with two attached hydrogens (primary N) is 2. The molecule has 0 spiro atoms. The Balaban J connectivity index is 2.32. The van der Waals surface area contributed by atoms with Gasteiger partial charge in [0.25, 0.3) is 0 Å². The van der Waals surface area contributed by atoms with Crippen LogP contribution in [0.25, 0.3) is 0 Å². The minimum atomic E-state index is -0.783. The molecule has 0 saturated carbocycles. The third kappa shape index (κ3) is 2.46. The molecule has 0 atom stereocenters. The third-order valence-electron chi connectivity index (χ3n) is 3.90. The molecule has 0 radical (unpaired) electrons. The zero-order valence-corrected chi connectivity index (χ0v) is 14.3. The fourth-order valence-electron chi connectivity index (χ4n) is 2.82. The van der Waals surface area contributed by atoms with E-state index >= 15 is 0 Å². The summed E-state index contributed by atoms with van der Waals surface area (Å²) in [7, 11) is 2.94. The van der Waals surface area contributed by atoms with E-state index in [1.54, 1.807) is 6.07 Å². The van der Waals surface area contributed by atoms with Crippen molar-refractivity contribution in [2.45, 2.75) is 5.92 Å². The lowest BCUT2D eigenvalue weighted by molar-refractivity contribution is 0.168. The van der Waals surface area contributed by atoms with Crippen molar-refractivity contribution in [3.8, 4) is 35.1 Å². The predicted octanol–water partition coefficient (Wildman–Crippen LogP) is 1.65. The molecular formula is C16H14N4O4S. The van der Waals surface area contributed by atoms with Gasteiger partial charge < -0.3 is 30.4 Å². The van der Waals surface area contributed by atoms with Gasteiger partial charge in [0.15, 0.2) is 11.5 Å². The minimum Gasteiger partial charge on any atom is -0.493 e. The number of nitriles is 2. The summed E-state index contributed by atoms with van der Waals surface area (Å²) in [6, 6.07) is 5.78. The maximum atomic E-state index is 9.57. The SMILES string of the molecule is COc1cc(C2C(C#N)=C(N)SC(N)=C2C#N)c(OC)c2c1OCO2. The van der Waals surface area contributed by atoms with Gasteiger partial charge in [-0.25, -0.2) is 0 Å². The van der Waals surface area contributed by atoms with E-state index in [1.807, 2.05) is 0 Å². The Kier molecular flexibility index (Phi) is 4.26. The molecule has 0 bridgehead atoms. The molecule has 2 aliphatic heterocycles. The second-order valence-corrected chi connectivity index (χ2v) is 6.16. The average molecular weight is 358 g/mol. The number of methoxy groups -OCH3 is 2. The fourth-order valence-corrected chi connectivity index (χ4v) is 3.60. The van der Waals surface area contributed by atoms with E-state index in [-0.39, 0.29) is 28.0 Å². The number of benzene rings is 1. The third-order valence-corrected chi connectivity index (χ3v) is 4.78. The van der Waals surface area contributed by atoms with E-state index in [2.05, 4.69) is 12.1 Å². The Hall–Kier alpha value is -3.17. The van der Waals surface area contributed by atoms with E-state index in [9.17, 15) is 10.5 Å². The Bertz CT molecular complexity index is 859. The van der Waals surface area contributed by atoms with Crippen molar-refractivity contribution in [2.24, 2.45) is 11.5 Å². The number of thioether (sulfide) groups is 1. The van der Waals surface area contributed by atoms with Gasteiger partial charge in [-0.2, -0.15) is 10.5 Å². The van der Waals surface area contributed by atoms with Gasteiger partial charge in [0.05, 0.1) is 53.5 Å². The monoisotopic (exact) mass is 358 g/mol. The lowest BCUT2D eigenvalue weighted by Gasteiger charge is -2.25. The summed E-state index contributed by atoms with van der Waals surface area (Å²) in [5.74, 6) is 0.704. The number of rotatable bonds is 3. The van der Waals surface area contributed by atoms with Crippen LogP contribution in [0.15, 0.2) is 27.3 Å². The molecule has 0 unspecified atom stereocenters. The molecule has 0 fully saturated rings. The molecule has 4 N–H and O–H groups in total. The Morgan fingerprint density at radius 1 is 1.08 bits per heavy atom. The topological polar surface area (TPSA) is 137 Å². The first-order valence-corrected chi connectivity index (χ1v) is 7.90. The Morgan fingerprint density at radius 3 is 2.20 bits per heavy atom. The zero-order valence-electron chi connectivity index (χ0n) is 13.5. The molecule has 0 amide bonds. The van der Waals surface area contributed by atoms with Gasteiger partial charge in [0, 0.05) is 5.56 Å². The average Bonchev–Trinajstić information content (AvgIpc) is 3.09. The van der Waals surface area contributed by atoms with Gasteiger partial charge in [-0.3, -0.25) is 0 Å². The van der Waals surface area contributed by atoms with Crippen molar-refractivity contribution in [2.75, 3.05) is 21.0 Å². The Morgan fingerprint density at radius 2 is 1.68 bits per heavy atom. The second kappa shape index (κ2) is 6.38. The van der Waals surface area contributed by atoms with Crippen LogP contribution in [0.2, 0.25) is 0 Å². The van der Waals surface area contributed by atoms with E-state index in [4.69, 9.17) is 30.4 Å². The highest BCUT2D eigenvalue weighted by molar-refractivity contribution is 8.06. The van der Waals surface area contributed by atoms with Crippen molar-refractivity contribution in [1.29, 1.82) is 10.5 Å². The Labute approximate surface area is 148 Å². The van der Waals surface area contributed by atoms with Crippen LogP contribution in [0.4, 0.5) is 0 Å². The normalized spacial score (nSPS) is 16.5. The largest absolute Gasteiger partial charge is 0.493 e. The number of fused-ring (bicyclic) bond motifs is 1. The number of hydrogen-bond donors (Lipinski definition) is 2. The van der Waals surface area contributed by atoms with Crippen LogP contribution < -0.4 is 30.4 Å². The van der Waals surface area contributed by atoms with Gasteiger partial charge in [0.2, 0.25) is 18.3 Å². The van der Waals surface area contributed by atoms with Crippen LogP contribution >= 0.6 is 11.8 Å². The summed E-state index contributed by atoms with van der Waals surface area (Å²) in [5, 5.41) is 19.6. The highest BCUT2D eigenvalue weighted by Gasteiger charge is 2.37. The van der Waals surface area contributed by atoms with Gasteiger partial charge in [0.1, 0.15) is 0 Å². The minimum absolute atomic E-state index is 0.0121. The van der Waals surface area contributed by atoms with Crippen LogP contribution in [0, 0.1) is 22.7 Å². The lowest BCUT2D eigenvalue weighted by atomic mass is 9.84. The number of nitrogens with zero attached hydrogens (tertiary/aromatic N) is 2. The molecule has 128 valence electrons. The molecule has 0 aliphatic carbocycles. The number of hydrogen-bond acceptors (Lipinski definition) is 9. The smallest absolute Gasteiger partial charge is 0.231 e. The first kappa shape index (κ1) is 16.7. The fraction of sp³-hybridized carbons (Fsp3) is 0.250. The van der Waals surface area contributed by atoms with Crippen molar-refractivity contribution >= 4 is 11.8 Å². The summed E-state index contributed by atoms with van der Waals surface area (Å²) in [6.07, 6.45) is 0. The first-order chi connectivity index (χ1) is 12.1. The zero-order chi connectivity index (χ0) is 18.1. The summed E-state index contributed by atoms with van der Waals surface area (Å²) < 4.78 is 21.7. The van der Waals surface area contributed by atoms with Crippen molar-refractivity contribution < 1.29 is 18.9 Å². The molecule has 8 nitrogen and oxygen atoms in total. The number of allylic oxidation sites excluding steroid dienone is 2. The molecule has 0 saturated heterocycles. The van der Waals surface area contributed by atoms with E-state index in [1.165, 1.54) is 14.2 Å². The molecule has 3 rings (SSSR count). The molecule has 9 heteroatoms. The molecule has 0 aromatic heterocycles. The maximum absolute atomic E-state index is 9.57. The lowest BCUT2D eigenvalue weighted by Crippen LogP contribution is -2.19. The van der Waals surface area contributed by atoms with Crippen LogP contribution in [0.1, 0.15) is 11.5 Å². The van der Waals surface area contributed by atoms with Crippen LogP contribution in [-0.2, 0) is 0 Å². The van der Waals surface area contributed by atoms with E-state index in [0.29, 0.717) is 28.6 Å². The summed E-state index contributed by atoms with van der Waals surface area (Å²) >= 11 is 0.996. The molecule has 25 heavy (non-hydrogen) atoms. The first-order valence-electron chi connectivity index (χ1n) is 7.09. The van der Waals surface area contributed by atoms with Crippen LogP contribution in [0.5, 0.6) is 23.0 Å².